The number of amides is 1. The second kappa shape index (κ2) is 7.35. The van der Waals surface area contributed by atoms with Crippen LogP contribution in [-0.4, -0.2) is 23.5 Å². The van der Waals surface area contributed by atoms with Crippen molar-refractivity contribution in [2.24, 2.45) is 0 Å². The van der Waals surface area contributed by atoms with Crippen LogP contribution in [0.15, 0.2) is 17.5 Å². The Hall–Kier alpha value is -0.950. The quantitative estimate of drug-likeness (QED) is 0.890. The van der Waals surface area contributed by atoms with Gasteiger partial charge in [-0.2, -0.15) is 0 Å². The molecule has 0 bridgehead atoms. The second-order valence-electron chi connectivity index (χ2n) is 4.99. The third-order valence-electron chi connectivity index (χ3n) is 3.34. The Morgan fingerprint density at radius 2 is 2.38 bits per heavy atom. The van der Waals surface area contributed by atoms with Crippen LogP contribution in [0.3, 0.4) is 0 Å². The molecule has 1 saturated heterocycles. The van der Waals surface area contributed by atoms with Crippen LogP contribution < -0.4 is 10.6 Å². The van der Waals surface area contributed by atoms with Crippen LogP contribution in [0.5, 0.6) is 0 Å². The average Bonchev–Trinajstić information content (AvgIpc) is 3.10. The lowest BCUT2D eigenvalue weighted by atomic mass is 10.1. The summed E-state index contributed by atoms with van der Waals surface area (Å²) in [5, 5.41) is 8.91. The van der Waals surface area contributed by atoms with Crippen LogP contribution in [0.4, 0.5) is 5.13 Å². The number of carbonyl (C=O) groups excluding carboxylic acids is 1. The van der Waals surface area contributed by atoms with E-state index in [4.69, 9.17) is 0 Å². The van der Waals surface area contributed by atoms with E-state index >= 15 is 0 Å². The molecule has 0 aliphatic carbocycles. The van der Waals surface area contributed by atoms with Crippen molar-refractivity contribution < 1.29 is 4.79 Å². The number of thiazole rings is 1. The van der Waals surface area contributed by atoms with Crippen LogP contribution in [0, 0.1) is 6.92 Å². The van der Waals surface area contributed by atoms with Gasteiger partial charge in [-0.25, -0.2) is 4.98 Å². The number of halogens is 1. The van der Waals surface area contributed by atoms with E-state index in [0.29, 0.717) is 17.6 Å². The van der Waals surface area contributed by atoms with Gasteiger partial charge in [-0.15, -0.1) is 35.1 Å². The van der Waals surface area contributed by atoms with Crippen LogP contribution in [-0.2, 0) is 4.79 Å². The number of nitrogens with one attached hydrogen (secondary N) is 2. The molecule has 1 atom stereocenters. The maximum Gasteiger partial charge on any atom is 0.227 e. The van der Waals surface area contributed by atoms with Crippen molar-refractivity contribution in [2.45, 2.75) is 32.2 Å². The van der Waals surface area contributed by atoms with Gasteiger partial charge < -0.3 is 10.6 Å². The van der Waals surface area contributed by atoms with E-state index in [9.17, 15) is 4.79 Å². The Bertz CT molecular complexity index is 605. The SMILES string of the molecule is Cc1ccc(-c2csc(NC(=O)CC3CCCN3)n2)s1.Cl. The Morgan fingerprint density at radius 3 is 3.05 bits per heavy atom. The van der Waals surface area contributed by atoms with Gasteiger partial charge >= 0.3 is 0 Å². The number of hydrogen-bond acceptors (Lipinski definition) is 5. The molecule has 114 valence electrons. The normalized spacial score (nSPS) is 17.5. The minimum Gasteiger partial charge on any atom is -0.313 e. The molecule has 1 aliphatic rings. The lowest BCUT2D eigenvalue weighted by Crippen LogP contribution is -2.27. The fraction of sp³-hybridized carbons (Fsp3) is 0.429. The van der Waals surface area contributed by atoms with E-state index in [1.54, 1.807) is 11.3 Å². The molecule has 2 aromatic heterocycles. The lowest BCUT2D eigenvalue weighted by Gasteiger charge is -2.08. The summed E-state index contributed by atoms with van der Waals surface area (Å²) in [7, 11) is 0. The molecule has 3 heterocycles. The van der Waals surface area contributed by atoms with Crippen LogP contribution in [0.1, 0.15) is 24.1 Å². The second-order valence-corrected chi connectivity index (χ2v) is 7.14. The molecule has 0 spiro atoms. The first-order valence-corrected chi connectivity index (χ1v) is 8.46. The van der Waals surface area contributed by atoms with Crippen molar-refractivity contribution in [1.29, 1.82) is 0 Å². The van der Waals surface area contributed by atoms with Crippen LogP contribution in [0.25, 0.3) is 10.6 Å². The monoisotopic (exact) mass is 343 g/mol. The number of rotatable bonds is 4. The molecule has 1 amide bonds. The summed E-state index contributed by atoms with van der Waals surface area (Å²) < 4.78 is 0. The van der Waals surface area contributed by atoms with E-state index in [2.05, 4.69) is 34.7 Å². The van der Waals surface area contributed by atoms with Gasteiger partial charge in [0.15, 0.2) is 5.13 Å². The summed E-state index contributed by atoms with van der Waals surface area (Å²) in [6, 6.07) is 4.49. The summed E-state index contributed by atoms with van der Waals surface area (Å²) in [4.78, 5) is 18.8. The lowest BCUT2D eigenvalue weighted by molar-refractivity contribution is -0.116. The van der Waals surface area contributed by atoms with E-state index in [0.717, 1.165) is 30.0 Å². The molecule has 1 unspecified atom stereocenters. The largest absolute Gasteiger partial charge is 0.313 e. The Morgan fingerprint density at radius 1 is 1.52 bits per heavy atom. The van der Waals surface area contributed by atoms with E-state index in [1.165, 1.54) is 16.2 Å². The highest BCUT2D eigenvalue weighted by atomic mass is 35.5. The fourth-order valence-corrected chi connectivity index (χ4v) is 3.97. The molecule has 2 aromatic rings. The standard InChI is InChI=1S/C14H17N3OS2.ClH/c1-9-4-5-12(20-9)11-8-19-14(16-11)17-13(18)7-10-3-2-6-15-10;/h4-5,8,10,15H,2-3,6-7H2,1H3,(H,16,17,18);1H. The van der Waals surface area contributed by atoms with Crippen LogP contribution >= 0.6 is 35.1 Å². The van der Waals surface area contributed by atoms with E-state index in [1.807, 2.05) is 5.38 Å². The predicted molar refractivity (Wildman–Crippen MR) is 91.7 cm³/mol. The minimum atomic E-state index is 0. The molecule has 21 heavy (non-hydrogen) atoms. The minimum absolute atomic E-state index is 0. The number of carbonyl (C=O) groups is 1. The Labute approximate surface area is 138 Å². The highest BCUT2D eigenvalue weighted by Crippen LogP contribution is 2.30. The van der Waals surface area contributed by atoms with Crippen molar-refractivity contribution in [3.8, 4) is 10.6 Å². The zero-order chi connectivity index (χ0) is 13.9. The van der Waals surface area contributed by atoms with Gasteiger partial charge in [0.2, 0.25) is 5.91 Å². The Balaban J connectivity index is 0.00000161. The number of aryl methyl sites for hydroxylation is 1. The van der Waals surface area contributed by atoms with Gasteiger partial charge in [0.05, 0.1) is 10.6 Å². The first-order valence-electron chi connectivity index (χ1n) is 6.76. The topological polar surface area (TPSA) is 54.0 Å². The number of thiophene rings is 1. The zero-order valence-electron chi connectivity index (χ0n) is 11.7. The smallest absolute Gasteiger partial charge is 0.227 e. The molecular formula is C14H18ClN3OS2. The Kier molecular flexibility index (Phi) is 5.75. The zero-order valence-corrected chi connectivity index (χ0v) is 14.2. The van der Waals surface area contributed by atoms with Crippen molar-refractivity contribution in [2.75, 3.05) is 11.9 Å². The van der Waals surface area contributed by atoms with Crippen molar-refractivity contribution >= 4 is 46.1 Å². The number of nitrogens with zero attached hydrogens (tertiary/aromatic N) is 1. The van der Waals surface area contributed by atoms with Crippen molar-refractivity contribution in [3.63, 3.8) is 0 Å². The predicted octanol–water partition coefficient (Wildman–Crippen LogP) is 3.68. The molecule has 1 fully saturated rings. The number of hydrogen-bond donors (Lipinski definition) is 2. The average molecular weight is 344 g/mol. The number of aromatic nitrogens is 1. The summed E-state index contributed by atoms with van der Waals surface area (Å²) >= 11 is 3.20. The molecule has 3 rings (SSSR count). The van der Waals surface area contributed by atoms with Crippen molar-refractivity contribution in [1.82, 2.24) is 10.3 Å². The molecule has 0 radical (unpaired) electrons. The summed E-state index contributed by atoms with van der Waals surface area (Å²) in [5.74, 6) is 0.0488. The molecule has 0 aromatic carbocycles. The third kappa shape index (κ3) is 4.26. The summed E-state index contributed by atoms with van der Waals surface area (Å²) in [6.45, 7) is 3.11. The first kappa shape index (κ1) is 16.4. The third-order valence-corrected chi connectivity index (χ3v) is 5.12. The van der Waals surface area contributed by atoms with Crippen molar-refractivity contribution in [3.05, 3.63) is 22.4 Å². The summed E-state index contributed by atoms with van der Waals surface area (Å²) in [5.41, 5.74) is 0.947. The van der Waals surface area contributed by atoms with E-state index < -0.39 is 0 Å². The van der Waals surface area contributed by atoms with Gasteiger partial charge in [0, 0.05) is 22.7 Å². The van der Waals surface area contributed by atoms with Gasteiger partial charge in [0.25, 0.3) is 0 Å². The van der Waals surface area contributed by atoms with Gasteiger partial charge in [-0.05, 0) is 38.4 Å². The first-order chi connectivity index (χ1) is 9.70. The highest BCUT2D eigenvalue weighted by molar-refractivity contribution is 7.17. The van der Waals surface area contributed by atoms with Gasteiger partial charge in [-0.1, -0.05) is 0 Å². The summed E-state index contributed by atoms with van der Waals surface area (Å²) in [6.07, 6.45) is 2.79. The molecule has 7 heteroatoms. The molecule has 2 N–H and O–H groups in total. The van der Waals surface area contributed by atoms with Gasteiger partial charge in [-0.3, -0.25) is 4.79 Å². The van der Waals surface area contributed by atoms with Crippen LogP contribution in [0.2, 0.25) is 0 Å². The maximum absolute atomic E-state index is 11.9. The van der Waals surface area contributed by atoms with Gasteiger partial charge in [0.1, 0.15) is 0 Å². The highest BCUT2D eigenvalue weighted by Gasteiger charge is 2.18. The molecular weight excluding hydrogens is 326 g/mol. The maximum atomic E-state index is 11.9. The fourth-order valence-electron chi connectivity index (χ4n) is 2.34. The molecule has 1 aliphatic heterocycles. The molecule has 0 saturated carbocycles. The van der Waals surface area contributed by atoms with E-state index in [-0.39, 0.29) is 18.3 Å². The number of anilines is 1. The molecule has 4 nitrogen and oxygen atoms in total.